The lowest BCUT2D eigenvalue weighted by Crippen LogP contribution is -2.23. The zero-order chi connectivity index (χ0) is 16.8. The molecular weight excluding hydrogens is 360 g/mol. The number of hydrogen-bond acceptors (Lipinski definition) is 4. The fraction of sp³-hybridized carbons (Fsp3) is 0.176. The van der Waals surface area contributed by atoms with Crippen LogP contribution in [0.3, 0.4) is 0 Å². The van der Waals surface area contributed by atoms with Crippen LogP contribution in [0.4, 0.5) is 11.4 Å². The zero-order valence-electron chi connectivity index (χ0n) is 12.9. The van der Waals surface area contributed by atoms with Gasteiger partial charge in [0.15, 0.2) is 0 Å². The smallest absolute Gasteiger partial charge is 0.339 e. The van der Waals surface area contributed by atoms with E-state index in [0.29, 0.717) is 11.3 Å². The number of hydrogen-bond donors (Lipinski definition) is 2. The summed E-state index contributed by atoms with van der Waals surface area (Å²) < 4.78 is 5.67. The number of ether oxygens (including phenoxy) is 1. The molecule has 2 rings (SSSR count). The van der Waals surface area contributed by atoms with Gasteiger partial charge in [-0.15, -0.1) is 0 Å². The normalized spacial score (nSPS) is 10.0. The Morgan fingerprint density at radius 2 is 1.91 bits per heavy atom. The van der Waals surface area contributed by atoms with Crippen molar-refractivity contribution in [1.29, 1.82) is 0 Å². The minimum atomic E-state index is -0.490. The molecule has 1 amide bonds. The molecule has 0 aliphatic carbocycles. The zero-order valence-corrected chi connectivity index (χ0v) is 14.4. The number of anilines is 2. The summed E-state index contributed by atoms with van der Waals surface area (Å²) in [6.45, 7) is 2.08. The van der Waals surface area contributed by atoms with Crippen LogP contribution in [0.2, 0.25) is 0 Å². The molecular formula is C17H17BrN2O3. The molecule has 23 heavy (non-hydrogen) atoms. The third-order valence-electron chi connectivity index (χ3n) is 3.23. The predicted molar refractivity (Wildman–Crippen MR) is 93.8 cm³/mol. The highest BCUT2D eigenvalue weighted by Crippen LogP contribution is 2.20. The number of halogens is 1. The van der Waals surface area contributed by atoms with Crippen LogP contribution in [-0.2, 0) is 9.53 Å². The number of nitrogens with one attached hydrogen (secondary N) is 2. The van der Waals surface area contributed by atoms with Crippen molar-refractivity contribution in [3.05, 3.63) is 58.1 Å². The molecule has 5 nitrogen and oxygen atoms in total. The van der Waals surface area contributed by atoms with Crippen molar-refractivity contribution in [2.75, 3.05) is 24.3 Å². The van der Waals surface area contributed by atoms with Crippen molar-refractivity contribution in [3.8, 4) is 0 Å². The van der Waals surface area contributed by atoms with Crippen LogP contribution in [0.15, 0.2) is 46.9 Å². The molecule has 0 aliphatic heterocycles. The Kier molecular flexibility index (Phi) is 5.76. The van der Waals surface area contributed by atoms with E-state index >= 15 is 0 Å². The molecule has 6 heteroatoms. The molecule has 0 saturated heterocycles. The van der Waals surface area contributed by atoms with E-state index in [2.05, 4.69) is 26.6 Å². The van der Waals surface area contributed by atoms with Gasteiger partial charge >= 0.3 is 5.97 Å². The average Bonchev–Trinajstić information content (AvgIpc) is 2.55. The summed E-state index contributed by atoms with van der Waals surface area (Å²) in [5.41, 5.74) is 2.70. The Balaban J connectivity index is 2.00. The Morgan fingerprint density at radius 1 is 1.17 bits per heavy atom. The number of amides is 1. The van der Waals surface area contributed by atoms with Crippen LogP contribution in [0.1, 0.15) is 15.9 Å². The minimum Gasteiger partial charge on any atom is -0.465 e. The highest BCUT2D eigenvalue weighted by Gasteiger charge is 2.13. The molecule has 2 aromatic rings. The van der Waals surface area contributed by atoms with E-state index < -0.39 is 5.97 Å². The van der Waals surface area contributed by atoms with Crippen molar-refractivity contribution in [1.82, 2.24) is 0 Å². The topological polar surface area (TPSA) is 67.4 Å². The summed E-state index contributed by atoms with van der Waals surface area (Å²) in [7, 11) is 1.30. The fourth-order valence-corrected chi connectivity index (χ4v) is 2.34. The number of esters is 1. The monoisotopic (exact) mass is 376 g/mol. The molecule has 0 spiro atoms. The first-order valence-electron chi connectivity index (χ1n) is 6.98. The van der Waals surface area contributed by atoms with Crippen molar-refractivity contribution in [2.24, 2.45) is 0 Å². The molecule has 0 unspecified atom stereocenters. The number of para-hydroxylation sites is 1. The third-order valence-corrected chi connectivity index (χ3v) is 4.09. The first kappa shape index (κ1) is 17.0. The van der Waals surface area contributed by atoms with Gasteiger partial charge in [0.25, 0.3) is 0 Å². The SMILES string of the molecule is COC(=O)c1ccccc1NC(=O)CNc1ccc(C)c(Br)c1. The van der Waals surface area contributed by atoms with E-state index in [1.54, 1.807) is 24.3 Å². The number of carbonyl (C=O) groups excluding carboxylic acids is 2. The van der Waals surface area contributed by atoms with Crippen LogP contribution >= 0.6 is 15.9 Å². The molecule has 0 heterocycles. The number of rotatable bonds is 5. The van der Waals surface area contributed by atoms with Crippen molar-refractivity contribution in [3.63, 3.8) is 0 Å². The first-order valence-corrected chi connectivity index (χ1v) is 7.78. The number of carbonyl (C=O) groups is 2. The van der Waals surface area contributed by atoms with Gasteiger partial charge in [-0.3, -0.25) is 4.79 Å². The summed E-state index contributed by atoms with van der Waals surface area (Å²) in [5, 5.41) is 5.75. The molecule has 120 valence electrons. The van der Waals surface area contributed by atoms with Crippen LogP contribution in [0.5, 0.6) is 0 Å². The van der Waals surface area contributed by atoms with Gasteiger partial charge in [0.05, 0.1) is 24.9 Å². The number of benzene rings is 2. The number of aryl methyl sites for hydroxylation is 1. The Bertz CT molecular complexity index is 732. The quantitative estimate of drug-likeness (QED) is 0.782. The van der Waals surface area contributed by atoms with Crippen molar-refractivity contribution in [2.45, 2.75) is 6.92 Å². The second kappa shape index (κ2) is 7.78. The van der Waals surface area contributed by atoms with E-state index in [1.165, 1.54) is 7.11 Å². The van der Waals surface area contributed by atoms with Crippen LogP contribution in [0, 0.1) is 6.92 Å². The summed E-state index contributed by atoms with van der Waals surface area (Å²) in [6, 6.07) is 12.5. The molecule has 0 atom stereocenters. The Hall–Kier alpha value is -2.34. The maximum Gasteiger partial charge on any atom is 0.339 e. The van der Waals surface area contributed by atoms with Crippen LogP contribution in [0.25, 0.3) is 0 Å². The lowest BCUT2D eigenvalue weighted by Gasteiger charge is -2.11. The standard InChI is InChI=1S/C17H17BrN2O3/c1-11-7-8-12(9-14(11)18)19-10-16(21)20-15-6-4-3-5-13(15)17(22)23-2/h3-9,19H,10H2,1-2H3,(H,20,21). The summed E-state index contributed by atoms with van der Waals surface area (Å²) in [5.74, 6) is -0.741. The molecule has 0 aliphatic rings. The van der Waals surface area contributed by atoms with Gasteiger partial charge in [0, 0.05) is 10.2 Å². The van der Waals surface area contributed by atoms with Gasteiger partial charge < -0.3 is 15.4 Å². The molecule has 0 saturated carbocycles. The van der Waals surface area contributed by atoms with Crippen LogP contribution < -0.4 is 10.6 Å². The molecule has 2 aromatic carbocycles. The molecule has 0 bridgehead atoms. The predicted octanol–water partition coefficient (Wildman–Crippen LogP) is 3.59. The van der Waals surface area contributed by atoms with Gasteiger partial charge in [0.1, 0.15) is 0 Å². The maximum atomic E-state index is 12.1. The Labute approximate surface area is 143 Å². The molecule has 2 N–H and O–H groups in total. The van der Waals surface area contributed by atoms with E-state index in [9.17, 15) is 9.59 Å². The summed E-state index contributed by atoms with van der Waals surface area (Å²) >= 11 is 3.45. The maximum absolute atomic E-state index is 12.1. The van der Waals surface area contributed by atoms with E-state index in [4.69, 9.17) is 4.74 Å². The minimum absolute atomic E-state index is 0.0883. The average molecular weight is 377 g/mol. The fourth-order valence-electron chi connectivity index (χ4n) is 1.96. The van der Waals surface area contributed by atoms with Gasteiger partial charge in [-0.2, -0.15) is 0 Å². The number of methoxy groups -OCH3 is 1. The van der Waals surface area contributed by atoms with Gasteiger partial charge in [0.2, 0.25) is 5.91 Å². The van der Waals surface area contributed by atoms with Crippen LogP contribution in [-0.4, -0.2) is 25.5 Å². The van der Waals surface area contributed by atoms with E-state index in [-0.39, 0.29) is 12.5 Å². The third kappa shape index (κ3) is 4.56. The van der Waals surface area contributed by atoms with Crippen molar-refractivity contribution >= 4 is 39.2 Å². The van der Waals surface area contributed by atoms with Gasteiger partial charge in [-0.05, 0) is 36.8 Å². The highest BCUT2D eigenvalue weighted by atomic mass is 79.9. The molecule has 0 fully saturated rings. The second-order valence-corrected chi connectivity index (χ2v) is 5.76. The van der Waals surface area contributed by atoms with Crippen molar-refractivity contribution < 1.29 is 14.3 Å². The first-order chi connectivity index (χ1) is 11.0. The van der Waals surface area contributed by atoms with E-state index in [1.807, 2.05) is 25.1 Å². The lowest BCUT2D eigenvalue weighted by atomic mass is 10.2. The molecule has 0 radical (unpaired) electrons. The van der Waals surface area contributed by atoms with Gasteiger partial charge in [-0.1, -0.05) is 34.1 Å². The largest absolute Gasteiger partial charge is 0.465 e. The summed E-state index contributed by atoms with van der Waals surface area (Å²) in [6.07, 6.45) is 0. The Morgan fingerprint density at radius 3 is 2.61 bits per heavy atom. The van der Waals surface area contributed by atoms with Gasteiger partial charge in [-0.25, -0.2) is 4.79 Å². The van der Waals surface area contributed by atoms with E-state index in [0.717, 1.165) is 15.7 Å². The lowest BCUT2D eigenvalue weighted by molar-refractivity contribution is -0.114. The summed E-state index contributed by atoms with van der Waals surface area (Å²) in [4.78, 5) is 23.7. The highest BCUT2D eigenvalue weighted by molar-refractivity contribution is 9.10. The second-order valence-electron chi connectivity index (χ2n) is 4.90. The molecule has 0 aromatic heterocycles.